The van der Waals surface area contributed by atoms with Crippen LogP contribution in [0.25, 0.3) is 0 Å². The minimum absolute atomic E-state index is 0.105. The number of hydrogen-bond donors (Lipinski definition) is 3. The number of rotatable bonds is 72. The number of phosphoric ester groups is 2. The lowest BCUT2D eigenvalue weighted by molar-refractivity contribution is -0.161. The first-order valence-corrected chi connectivity index (χ1v) is 41.8. The van der Waals surface area contributed by atoms with Crippen molar-refractivity contribution in [1.82, 2.24) is 0 Å². The minimum atomic E-state index is -4.96. The molecule has 0 saturated carbocycles. The van der Waals surface area contributed by atoms with Crippen molar-refractivity contribution < 1.29 is 80.2 Å². The van der Waals surface area contributed by atoms with Gasteiger partial charge in [0, 0.05) is 25.7 Å². The van der Waals surface area contributed by atoms with Gasteiger partial charge in [-0.15, -0.1) is 0 Å². The first kappa shape index (κ1) is 92.1. The maximum atomic E-state index is 13.1. The van der Waals surface area contributed by atoms with Crippen molar-refractivity contribution >= 4 is 39.5 Å². The molecule has 0 aromatic heterocycles. The van der Waals surface area contributed by atoms with Crippen LogP contribution in [0.4, 0.5) is 0 Å². The topological polar surface area (TPSA) is 237 Å². The van der Waals surface area contributed by atoms with Crippen LogP contribution in [0.5, 0.6) is 0 Å². The number of carbonyl (C=O) groups excluding carboxylic acids is 4. The first-order valence-electron chi connectivity index (χ1n) is 38.8. The van der Waals surface area contributed by atoms with E-state index in [1.807, 2.05) is 0 Å². The lowest BCUT2D eigenvalue weighted by Crippen LogP contribution is -2.30. The molecule has 0 bridgehead atoms. The molecule has 17 nitrogen and oxygen atoms in total. The van der Waals surface area contributed by atoms with Gasteiger partial charge in [0.25, 0.3) is 0 Å². The Labute approximate surface area is 575 Å². The molecular weight excluding hydrogens is 1230 g/mol. The van der Waals surface area contributed by atoms with Gasteiger partial charge in [-0.25, -0.2) is 9.13 Å². The third-order valence-electron chi connectivity index (χ3n) is 18.0. The predicted octanol–water partition coefficient (Wildman–Crippen LogP) is 21.7. The molecule has 0 aliphatic heterocycles. The third kappa shape index (κ3) is 66.0. The molecule has 0 radical (unpaired) electrons. The SMILES string of the molecule is CCC(C)CCCCCCCCCCCCCCCCC(=O)O[C@H](COC(=O)CCCCCCCCC(C)C)COP(=O)(O)OC[C@H](O)COP(=O)(O)OC[C@@H](COC(=O)CCCCCCCCCCCCC(C)C)OC(=O)CCCCCCCCCCCCC(C)CC. The quantitative estimate of drug-likeness (QED) is 0.0222. The normalized spacial score (nSPS) is 14.7. The number of aliphatic hydroxyl groups is 1. The smallest absolute Gasteiger partial charge is 0.462 e. The fraction of sp³-hybridized carbons (Fsp3) is 0.947. The number of aliphatic hydroxyl groups excluding tert-OH is 1. The Bertz CT molecular complexity index is 1850. The number of phosphoric acid groups is 2. The number of unbranched alkanes of at least 4 members (excludes halogenated alkanes) is 36. The molecule has 0 aromatic carbocycles. The zero-order valence-electron chi connectivity index (χ0n) is 61.6. The van der Waals surface area contributed by atoms with Crippen LogP contribution in [0.15, 0.2) is 0 Å². The van der Waals surface area contributed by atoms with Crippen molar-refractivity contribution in [3.8, 4) is 0 Å². The van der Waals surface area contributed by atoms with Crippen LogP contribution in [0.2, 0.25) is 0 Å². The van der Waals surface area contributed by atoms with Gasteiger partial charge in [-0.3, -0.25) is 37.3 Å². The van der Waals surface area contributed by atoms with E-state index in [1.165, 1.54) is 173 Å². The molecule has 0 aliphatic carbocycles. The molecule has 558 valence electrons. The Kier molecular flexibility index (Phi) is 63.1. The summed E-state index contributed by atoms with van der Waals surface area (Å²) in [7, 11) is -9.91. The van der Waals surface area contributed by atoms with Gasteiger partial charge in [-0.1, -0.05) is 325 Å². The van der Waals surface area contributed by atoms with E-state index < -0.39 is 97.5 Å². The van der Waals surface area contributed by atoms with Gasteiger partial charge in [0.1, 0.15) is 19.3 Å². The highest BCUT2D eigenvalue weighted by molar-refractivity contribution is 7.47. The monoisotopic (exact) mass is 1380 g/mol. The van der Waals surface area contributed by atoms with Crippen molar-refractivity contribution in [2.75, 3.05) is 39.6 Å². The summed E-state index contributed by atoms with van der Waals surface area (Å²) >= 11 is 0. The third-order valence-corrected chi connectivity index (χ3v) is 19.9. The fourth-order valence-electron chi connectivity index (χ4n) is 11.3. The van der Waals surface area contributed by atoms with Crippen LogP contribution >= 0.6 is 15.6 Å². The average Bonchev–Trinajstić information content (AvgIpc) is 1.53. The molecule has 0 aromatic rings. The highest BCUT2D eigenvalue weighted by atomic mass is 31.2. The van der Waals surface area contributed by atoms with E-state index in [1.54, 1.807) is 0 Å². The molecule has 19 heteroatoms. The number of hydrogen-bond acceptors (Lipinski definition) is 15. The van der Waals surface area contributed by atoms with Gasteiger partial charge in [-0.05, 0) is 49.4 Å². The van der Waals surface area contributed by atoms with Crippen molar-refractivity contribution in [3.63, 3.8) is 0 Å². The van der Waals surface area contributed by atoms with E-state index in [9.17, 15) is 43.2 Å². The van der Waals surface area contributed by atoms with Gasteiger partial charge in [0.2, 0.25) is 0 Å². The van der Waals surface area contributed by atoms with Crippen molar-refractivity contribution in [3.05, 3.63) is 0 Å². The summed E-state index contributed by atoms with van der Waals surface area (Å²) in [6, 6.07) is 0. The summed E-state index contributed by atoms with van der Waals surface area (Å²) in [4.78, 5) is 72.7. The minimum Gasteiger partial charge on any atom is -0.462 e. The van der Waals surface area contributed by atoms with E-state index >= 15 is 0 Å². The van der Waals surface area contributed by atoms with E-state index in [0.29, 0.717) is 31.6 Å². The molecule has 0 aliphatic rings. The largest absolute Gasteiger partial charge is 0.472 e. The van der Waals surface area contributed by atoms with E-state index in [2.05, 4.69) is 55.4 Å². The summed E-state index contributed by atoms with van der Waals surface area (Å²) in [5.41, 5.74) is 0. The summed E-state index contributed by atoms with van der Waals surface area (Å²) in [5, 5.41) is 10.6. The zero-order chi connectivity index (χ0) is 69.6. The number of carbonyl (C=O) groups is 4. The summed E-state index contributed by atoms with van der Waals surface area (Å²) in [6.45, 7) is 14.2. The molecule has 0 fully saturated rings. The molecule has 0 amide bonds. The van der Waals surface area contributed by atoms with Crippen molar-refractivity contribution in [1.29, 1.82) is 0 Å². The van der Waals surface area contributed by atoms with Crippen LogP contribution in [0, 0.1) is 23.7 Å². The van der Waals surface area contributed by atoms with E-state index in [-0.39, 0.29) is 25.7 Å². The van der Waals surface area contributed by atoms with Crippen LogP contribution < -0.4 is 0 Å². The van der Waals surface area contributed by atoms with E-state index in [0.717, 1.165) is 114 Å². The molecule has 0 rings (SSSR count). The lowest BCUT2D eigenvalue weighted by Gasteiger charge is -2.21. The highest BCUT2D eigenvalue weighted by Gasteiger charge is 2.30. The maximum absolute atomic E-state index is 13.1. The van der Waals surface area contributed by atoms with Crippen molar-refractivity contribution in [2.45, 2.75) is 395 Å². The summed E-state index contributed by atoms with van der Waals surface area (Å²) in [6.07, 6.45) is 48.6. The van der Waals surface area contributed by atoms with Gasteiger partial charge in [0.05, 0.1) is 26.4 Å². The molecule has 3 N–H and O–H groups in total. The second kappa shape index (κ2) is 64.4. The Balaban J connectivity index is 5.23. The van der Waals surface area contributed by atoms with Gasteiger partial charge < -0.3 is 33.8 Å². The molecule has 0 spiro atoms. The van der Waals surface area contributed by atoms with Crippen molar-refractivity contribution in [2.24, 2.45) is 23.7 Å². The fourth-order valence-corrected chi connectivity index (χ4v) is 12.9. The number of ether oxygens (including phenoxy) is 4. The van der Waals surface area contributed by atoms with Crippen LogP contribution in [0.3, 0.4) is 0 Å². The molecule has 94 heavy (non-hydrogen) atoms. The molecule has 0 saturated heterocycles. The molecule has 4 unspecified atom stereocenters. The zero-order valence-corrected chi connectivity index (χ0v) is 63.4. The Hall–Kier alpha value is -1.94. The highest BCUT2D eigenvalue weighted by Crippen LogP contribution is 2.45. The Morgan fingerprint density at radius 1 is 0.298 bits per heavy atom. The van der Waals surface area contributed by atoms with Gasteiger partial charge >= 0.3 is 39.5 Å². The summed E-state index contributed by atoms with van der Waals surface area (Å²) < 4.78 is 68.5. The van der Waals surface area contributed by atoms with Crippen LogP contribution in [-0.2, 0) is 65.4 Å². The second-order valence-corrected chi connectivity index (χ2v) is 31.4. The standard InChI is InChI=1S/C75H146O17P2/c1-9-67(7)53-45-37-28-22-15-13-11-12-14-16-25-31-41-49-57-74(79)92-71(62-86-73(78)56-48-40-34-33-36-44-52-66(5)6)64-90-94(83,84)88-60-69(76)59-87-93(81,82)89-63-70(61-85-72(77)55-47-39-30-24-19-17-21-27-35-43-51-65(3)4)91-75(80)58-50-42-32-26-20-18-23-29-38-46-54-68(8)10-2/h65-71,76H,9-64H2,1-8H3,(H,81,82)(H,83,84)/t67?,68?,69-,70-,71-/m1/s1. The number of esters is 4. The average molecular weight is 1380 g/mol. The van der Waals surface area contributed by atoms with Gasteiger partial charge in [0.15, 0.2) is 12.2 Å². The Morgan fingerprint density at radius 2 is 0.511 bits per heavy atom. The van der Waals surface area contributed by atoms with Crippen LogP contribution in [0.1, 0.15) is 376 Å². The van der Waals surface area contributed by atoms with Crippen LogP contribution in [-0.4, -0.2) is 96.7 Å². The predicted molar refractivity (Wildman–Crippen MR) is 381 cm³/mol. The maximum Gasteiger partial charge on any atom is 0.472 e. The molecular formula is C75H146O17P2. The van der Waals surface area contributed by atoms with E-state index in [4.69, 9.17) is 37.0 Å². The molecule has 7 atom stereocenters. The molecule has 0 heterocycles. The Morgan fingerprint density at radius 3 is 0.755 bits per heavy atom. The summed E-state index contributed by atoms with van der Waals surface area (Å²) in [5.74, 6) is 0.963. The lowest BCUT2D eigenvalue weighted by atomic mass is 9.99. The van der Waals surface area contributed by atoms with Gasteiger partial charge in [-0.2, -0.15) is 0 Å². The second-order valence-electron chi connectivity index (χ2n) is 28.5. The first-order chi connectivity index (χ1) is 45.2.